The minimum atomic E-state index is -0.507. The molecule has 1 aromatic heterocycles. The van der Waals surface area contributed by atoms with Crippen LogP contribution in [-0.2, 0) is 21.3 Å². The van der Waals surface area contributed by atoms with E-state index in [0.717, 1.165) is 5.06 Å². The van der Waals surface area contributed by atoms with Crippen molar-refractivity contribution in [3.8, 4) is 0 Å². The van der Waals surface area contributed by atoms with Gasteiger partial charge in [0.1, 0.15) is 6.10 Å². The highest BCUT2D eigenvalue weighted by Crippen LogP contribution is 2.38. The quantitative estimate of drug-likeness (QED) is 0.802. The second-order valence-corrected chi connectivity index (χ2v) is 7.11. The Morgan fingerprint density at radius 1 is 1.14 bits per heavy atom. The normalized spacial score (nSPS) is 22.1. The van der Waals surface area contributed by atoms with Crippen LogP contribution in [0.5, 0.6) is 0 Å². The van der Waals surface area contributed by atoms with E-state index in [0.29, 0.717) is 25.8 Å². The maximum Gasteiger partial charge on any atom is 0.307 e. The molecule has 0 unspecified atom stereocenters. The zero-order valence-corrected chi connectivity index (χ0v) is 13.3. The van der Waals surface area contributed by atoms with Crippen LogP contribution in [0.4, 0.5) is 0 Å². The molecular weight excluding hydrogens is 268 g/mol. The van der Waals surface area contributed by atoms with E-state index in [1.54, 1.807) is 0 Å². The van der Waals surface area contributed by atoms with Gasteiger partial charge in [-0.1, -0.05) is 0 Å². The first-order valence-corrected chi connectivity index (χ1v) is 7.48. The van der Waals surface area contributed by atoms with Crippen molar-refractivity contribution >= 4 is 5.97 Å². The summed E-state index contributed by atoms with van der Waals surface area (Å²) in [5.74, 6) is -0.195. The molecule has 1 aromatic rings. The van der Waals surface area contributed by atoms with Gasteiger partial charge < -0.3 is 9.30 Å². The average molecular weight is 293 g/mol. The summed E-state index contributed by atoms with van der Waals surface area (Å²) in [6.07, 6.45) is 5.18. The average Bonchev–Trinajstić information content (AvgIpc) is 2.86. The summed E-state index contributed by atoms with van der Waals surface area (Å²) in [4.78, 5) is 12.0. The van der Waals surface area contributed by atoms with E-state index in [2.05, 4.69) is 0 Å². The number of hydrogen-bond donors (Lipinski definition) is 0. The first-order valence-electron chi connectivity index (χ1n) is 7.48. The van der Waals surface area contributed by atoms with Gasteiger partial charge in [-0.2, -0.15) is 0 Å². The lowest BCUT2D eigenvalue weighted by Gasteiger charge is -2.49. The number of ether oxygens (including phenoxy) is 1. The molecule has 0 spiro atoms. The summed E-state index contributed by atoms with van der Waals surface area (Å²) in [5, 5.41) is 13.4. The predicted octanol–water partition coefficient (Wildman–Crippen LogP) is 2.79. The van der Waals surface area contributed by atoms with E-state index >= 15 is 0 Å². The topological polar surface area (TPSA) is 54.4 Å². The number of aryl methyl sites for hydroxylation is 1. The van der Waals surface area contributed by atoms with E-state index in [1.807, 2.05) is 56.8 Å². The van der Waals surface area contributed by atoms with Crippen LogP contribution in [-0.4, -0.2) is 32.8 Å². The first-order chi connectivity index (χ1) is 9.71. The van der Waals surface area contributed by atoms with Gasteiger partial charge in [0, 0.05) is 42.9 Å². The number of hydroxylamine groups is 2. The molecule has 0 N–H and O–H groups in total. The van der Waals surface area contributed by atoms with Gasteiger partial charge in [-0.05, 0) is 39.8 Å². The highest BCUT2D eigenvalue weighted by atomic mass is 16.5. The summed E-state index contributed by atoms with van der Waals surface area (Å²) < 4.78 is 7.55. The molecule has 5 nitrogen and oxygen atoms in total. The molecule has 1 saturated heterocycles. The lowest BCUT2D eigenvalue weighted by atomic mass is 9.80. The van der Waals surface area contributed by atoms with Crippen LogP contribution in [0.2, 0.25) is 0 Å². The number of esters is 1. The third-order valence-corrected chi connectivity index (χ3v) is 4.09. The smallest absolute Gasteiger partial charge is 0.307 e. The molecule has 1 fully saturated rings. The summed E-state index contributed by atoms with van der Waals surface area (Å²) in [5.41, 5.74) is -1.01. The van der Waals surface area contributed by atoms with Crippen LogP contribution in [0, 0.1) is 0 Å². The van der Waals surface area contributed by atoms with Gasteiger partial charge in [0.25, 0.3) is 0 Å². The van der Waals surface area contributed by atoms with Gasteiger partial charge in [-0.15, -0.1) is 10.3 Å². The molecular formula is C16H25N2O3. The number of hydrogen-bond acceptors (Lipinski definition) is 3. The molecule has 0 amide bonds. The largest absolute Gasteiger partial charge is 0.462 e. The lowest BCUT2D eigenvalue weighted by molar-refractivity contribution is -0.299. The number of rotatable bonds is 4. The van der Waals surface area contributed by atoms with E-state index in [9.17, 15) is 10.0 Å². The Hall–Kier alpha value is -1.33. The summed E-state index contributed by atoms with van der Waals surface area (Å²) in [7, 11) is 0. The van der Waals surface area contributed by atoms with Gasteiger partial charge in [-0.25, -0.2) is 0 Å². The van der Waals surface area contributed by atoms with Crippen molar-refractivity contribution < 1.29 is 14.7 Å². The molecule has 117 valence electrons. The first kappa shape index (κ1) is 16.0. The molecule has 1 aliphatic rings. The second kappa shape index (κ2) is 5.81. The van der Waals surface area contributed by atoms with E-state index in [4.69, 9.17) is 4.74 Å². The fourth-order valence-corrected chi connectivity index (χ4v) is 3.24. The Morgan fingerprint density at radius 2 is 1.67 bits per heavy atom. The molecule has 0 aliphatic carbocycles. The molecule has 1 aliphatic heterocycles. The van der Waals surface area contributed by atoms with Gasteiger partial charge >= 0.3 is 5.97 Å². The van der Waals surface area contributed by atoms with E-state index in [-0.39, 0.29) is 12.1 Å². The Kier molecular flexibility index (Phi) is 4.44. The Balaban J connectivity index is 1.89. The summed E-state index contributed by atoms with van der Waals surface area (Å²) in [6, 6.07) is 3.86. The fourth-order valence-electron chi connectivity index (χ4n) is 3.24. The van der Waals surface area contributed by atoms with Gasteiger partial charge in [-0.3, -0.25) is 4.79 Å². The standard InChI is InChI=1S/C16H25N2O3/c1-15(2)11-13(12-16(3,4)18(15)20)21-14(19)7-10-17-8-5-6-9-17/h5-6,8-9,13H,7,10-12H2,1-4H3. The summed E-state index contributed by atoms with van der Waals surface area (Å²) in [6.45, 7) is 8.24. The number of nitrogens with zero attached hydrogens (tertiary/aromatic N) is 2. The molecule has 0 bridgehead atoms. The van der Waals surface area contributed by atoms with E-state index in [1.165, 1.54) is 0 Å². The van der Waals surface area contributed by atoms with Gasteiger partial charge in [0.05, 0.1) is 6.42 Å². The highest BCUT2D eigenvalue weighted by molar-refractivity contribution is 5.69. The zero-order valence-electron chi connectivity index (χ0n) is 13.3. The molecule has 1 radical (unpaired) electrons. The molecule has 5 heteroatoms. The minimum Gasteiger partial charge on any atom is -0.462 e. The van der Waals surface area contributed by atoms with Crippen LogP contribution >= 0.6 is 0 Å². The van der Waals surface area contributed by atoms with Crippen LogP contribution in [0.1, 0.15) is 47.0 Å². The van der Waals surface area contributed by atoms with Crippen LogP contribution in [0.3, 0.4) is 0 Å². The van der Waals surface area contributed by atoms with E-state index < -0.39 is 11.1 Å². The fraction of sp³-hybridized carbons (Fsp3) is 0.688. The third kappa shape index (κ3) is 3.86. The summed E-state index contributed by atoms with van der Waals surface area (Å²) >= 11 is 0. The SMILES string of the molecule is CC1(C)CC(OC(=O)CCn2cccc2)CC(C)(C)N1[O]. The molecule has 2 heterocycles. The number of carbonyl (C=O) groups excluding carboxylic acids is 1. The predicted molar refractivity (Wildman–Crippen MR) is 78.8 cm³/mol. The zero-order chi connectivity index (χ0) is 15.7. The second-order valence-electron chi connectivity index (χ2n) is 7.11. The van der Waals surface area contributed by atoms with Crippen molar-refractivity contribution in [2.75, 3.05) is 0 Å². The van der Waals surface area contributed by atoms with Crippen LogP contribution in [0.15, 0.2) is 24.5 Å². The maximum absolute atomic E-state index is 12.3. The van der Waals surface area contributed by atoms with Crippen LogP contribution in [0.25, 0.3) is 0 Å². The minimum absolute atomic E-state index is 0.183. The maximum atomic E-state index is 12.3. The molecule has 0 saturated carbocycles. The Morgan fingerprint density at radius 3 is 2.19 bits per heavy atom. The highest BCUT2D eigenvalue weighted by Gasteiger charge is 2.47. The Labute approximate surface area is 126 Å². The Bertz CT molecular complexity index is 462. The van der Waals surface area contributed by atoms with Crippen LogP contribution < -0.4 is 0 Å². The lowest BCUT2D eigenvalue weighted by Crippen LogP contribution is -2.60. The number of carbonyl (C=O) groups is 1. The monoisotopic (exact) mass is 293 g/mol. The number of piperidine rings is 1. The van der Waals surface area contributed by atoms with Crippen molar-refractivity contribution in [2.24, 2.45) is 0 Å². The number of aromatic nitrogens is 1. The van der Waals surface area contributed by atoms with Crippen molar-refractivity contribution in [3.63, 3.8) is 0 Å². The van der Waals surface area contributed by atoms with Crippen molar-refractivity contribution in [3.05, 3.63) is 24.5 Å². The molecule has 0 atom stereocenters. The van der Waals surface area contributed by atoms with Gasteiger partial charge in [0.2, 0.25) is 0 Å². The van der Waals surface area contributed by atoms with Crippen molar-refractivity contribution in [2.45, 2.75) is 70.7 Å². The molecule has 0 aromatic carbocycles. The molecule has 2 rings (SSSR count). The van der Waals surface area contributed by atoms with Gasteiger partial charge in [0.15, 0.2) is 0 Å². The molecule has 21 heavy (non-hydrogen) atoms. The van der Waals surface area contributed by atoms with Crippen molar-refractivity contribution in [1.29, 1.82) is 0 Å². The third-order valence-electron chi connectivity index (χ3n) is 4.09. The van der Waals surface area contributed by atoms with Crippen molar-refractivity contribution in [1.82, 2.24) is 9.63 Å².